The van der Waals surface area contributed by atoms with Crippen LogP contribution in [0, 0.1) is 0 Å². The number of para-hydroxylation sites is 1. The summed E-state index contributed by atoms with van der Waals surface area (Å²) >= 11 is 5.53. The molecule has 3 nitrogen and oxygen atoms in total. The van der Waals surface area contributed by atoms with Gasteiger partial charge in [-0.15, -0.1) is 0 Å². The monoisotopic (exact) mass is 257 g/mol. The van der Waals surface area contributed by atoms with Crippen LogP contribution >= 0.6 is 6.64 Å². The van der Waals surface area contributed by atoms with Crippen LogP contribution in [0.5, 0.6) is 0 Å². The Kier molecular flexibility index (Phi) is 3.65. The maximum absolute atomic E-state index is 5.82. The average Bonchev–Trinajstić information content (AvgIpc) is 2.29. The van der Waals surface area contributed by atoms with Gasteiger partial charge in [-0.05, 0) is 37.3 Å². The Morgan fingerprint density at radius 1 is 1.38 bits per heavy atom. The van der Waals surface area contributed by atoms with Crippen LogP contribution in [0.1, 0.15) is 13.3 Å². The lowest BCUT2D eigenvalue weighted by atomic mass is 10.3. The standard InChI is InChI=1S/C11H16NO2PS/c1-10-8-9-13-15(16,14-10)12(2)11-6-4-3-5-7-11/h3-7,10H,8-9H2,1-2H3. The van der Waals surface area contributed by atoms with Gasteiger partial charge in [0.1, 0.15) is 0 Å². The van der Waals surface area contributed by atoms with E-state index in [4.69, 9.17) is 20.9 Å². The van der Waals surface area contributed by atoms with Crippen molar-refractivity contribution in [2.24, 2.45) is 0 Å². The summed E-state index contributed by atoms with van der Waals surface area (Å²) in [4.78, 5) is 0. The number of hydrogen-bond donors (Lipinski definition) is 0. The molecule has 0 aliphatic carbocycles. The number of benzene rings is 1. The molecular formula is C11H16NO2PS. The first kappa shape index (κ1) is 12.1. The highest BCUT2D eigenvalue weighted by atomic mass is 32.5. The van der Waals surface area contributed by atoms with Crippen LogP contribution in [0.2, 0.25) is 0 Å². The van der Waals surface area contributed by atoms with E-state index in [1.165, 1.54) is 0 Å². The summed E-state index contributed by atoms with van der Waals surface area (Å²) in [5, 5.41) is 0. The molecule has 5 heteroatoms. The summed E-state index contributed by atoms with van der Waals surface area (Å²) < 4.78 is 13.5. The van der Waals surface area contributed by atoms with Crippen molar-refractivity contribution in [3.8, 4) is 0 Å². The molecular weight excluding hydrogens is 241 g/mol. The zero-order valence-electron chi connectivity index (χ0n) is 9.50. The van der Waals surface area contributed by atoms with Gasteiger partial charge in [0.25, 0.3) is 6.64 Å². The molecule has 1 fully saturated rings. The quantitative estimate of drug-likeness (QED) is 0.758. The van der Waals surface area contributed by atoms with Crippen LogP contribution in [-0.4, -0.2) is 19.8 Å². The van der Waals surface area contributed by atoms with Crippen LogP contribution in [0.15, 0.2) is 30.3 Å². The summed E-state index contributed by atoms with van der Waals surface area (Å²) in [6.07, 6.45) is 1.10. The molecule has 1 aliphatic rings. The van der Waals surface area contributed by atoms with Crippen molar-refractivity contribution in [2.75, 3.05) is 18.3 Å². The molecule has 1 aromatic rings. The van der Waals surface area contributed by atoms with E-state index in [0.29, 0.717) is 6.61 Å². The van der Waals surface area contributed by atoms with E-state index in [1.807, 2.05) is 49.0 Å². The Morgan fingerprint density at radius 2 is 2.06 bits per heavy atom. The molecule has 0 amide bonds. The zero-order valence-corrected chi connectivity index (χ0v) is 11.2. The highest BCUT2D eigenvalue weighted by Gasteiger charge is 2.31. The van der Waals surface area contributed by atoms with Crippen LogP contribution in [-0.2, 0) is 20.9 Å². The van der Waals surface area contributed by atoms with Gasteiger partial charge in [0.2, 0.25) is 0 Å². The van der Waals surface area contributed by atoms with E-state index in [0.717, 1.165) is 12.1 Å². The van der Waals surface area contributed by atoms with Crippen molar-refractivity contribution >= 4 is 24.1 Å². The molecule has 1 aromatic carbocycles. The highest BCUT2D eigenvalue weighted by molar-refractivity contribution is 8.10. The van der Waals surface area contributed by atoms with Crippen LogP contribution < -0.4 is 4.67 Å². The minimum atomic E-state index is -2.32. The third-order valence-electron chi connectivity index (χ3n) is 2.59. The Bertz CT molecular complexity index is 398. The molecule has 2 unspecified atom stereocenters. The Labute approximate surface area is 102 Å². The van der Waals surface area contributed by atoms with E-state index in [-0.39, 0.29) is 6.10 Å². The van der Waals surface area contributed by atoms with E-state index in [9.17, 15) is 0 Å². The minimum absolute atomic E-state index is 0.186. The normalized spacial score (nSPS) is 30.0. The molecule has 0 N–H and O–H groups in total. The van der Waals surface area contributed by atoms with Gasteiger partial charge in [-0.1, -0.05) is 18.2 Å². The first-order valence-electron chi connectivity index (χ1n) is 5.34. The van der Waals surface area contributed by atoms with E-state index in [2.05, 4.69) is 0 Å². The van der Waals surface area contributed by atoms with E-state index < -0.39 is 6.64 Å². The summed E-state index contributed by atoms with van der Waals surface area (Å²) in [5.41, 5.74) is 1.04. The maximum Gasteiger partial charge on any atom is 0.290 e. The van der Waals surface area contributed by atoms with Crippen LogP contribution in [0.4, 0.5) is 5.69 Å². The van der Waals surface area contributed by atoms with Gasteiger partial charge in [-0.2, -0.15) is 0 Å². The lowest BCUT2D eigenvalue weighted by molar-refractivity contribution is 0.118. The molecule has 16 heavy (non-hydrogen) atoms. The highest BCUT2D eigenvalue weighted by Crippen LogP contribution is 2.56. The maximum atomic E-state index is 5.82. The number of nitrogens with zero attached hydrogens (tertiary/aromatic N) is 1. The third kappa shape index (κ3) is 2.46. The largest absolute Gasteiger partial charge is 0.314 e. The van der Waals surface area contributed by atoms with Gasteiger partial charge in [0.15, 0.2) is 0 Å². The molecule has 1 heterocycles. The topological polar surface area (TPSA) is 21.7 Å². The van der Waals surface area contributed by atoms with Crippen molar-refractivity contribution in [2.45, 2.75) is 19.4 Å². The van der Waals surface area contributed by atoms with E-state index in [1.54, 1.807) is 0 Å². The molecule has 0 bridgehead atoms. The number of hydrogen-bond acceptors (Lipinski definition) is 3. The van der Waals surface area contributed by atoms with Crippen molar-refractivity contribution in [3.05, 3.63) is 30.3 Å². The molecule has 88 valence electrons. The fourth-order valence-corrected chi connectivity index (χ4v) is 4.22. The summed E-state index contributed by atoms with van der Waals surface area (Å²) in [6, 6.07) is 9.98. The predicted molar refractivity (Wildman–Crippen MR) is 70.2 cm³/mol. The molecule has 1 saturated heterocycles. The molecule has 0 spiro atoms. The molecule has 2 atom stereocenters. The third-order valence-corrected chi connectivity index (χ3v) is 6.00. The fraction of sp³-hybridized carbons (Fsp3) is 0.455. The fourth-order valence-electron chi connectivity index (χ4n) is 1.59. The lowest BCUT2D eigenvalue weighted by Crippen LogP contribution is -2.26. The second-order valence-electron chi connectivity index (χ2n) is 3.87. The average molecular weight is 257 g/mol. The summed E-state index contributed by atoms with van der Waals surface area (Å²) in [5.74, 6) is 0. The van der Waals surface area contributed by atoms with Crippen LogP contribution in [0.25, 0.3) is 0 Å². The number of anilines is 1. The van der Waals surface area contributed by atoms with Crippen molar-refractivity contribution < 1.29 is 9.05 Å². The SMILES string of the molecule is CC1CCOP(=S)(N(C)c2ccccc2)O1. The molecule has 0 radical (unpaired) electrons. The Morgan fingerprint density at radius 3 is 2.69 bits per heavy atom. The Hall–Kier alpha value is -0.410. The smallest absolute Gasteiger partial charge is 0.290 e. The van der Waals surface area contributed by atoms with Crippen LogP contribution in [0.3, 0.4) is 0 Å². The lowest BCUT2D eigenvalue weighted by Gasteiger charge is -2.37. The van der Waals surface area contributed by atoms with Gasteiger partial charge in [0.05, 0.1) is 12.7 Å². The van der Waals surface area contributed by atoms with Gasteiger partial charge in [-0.25, -0.2) is 0 Å². The van der Waals surface area contributed by atoms with Crippen molar-refractivity contribution in [3.63, 3.8) is 0 Å². The Balaban J connectivity index is 2.21. The first-order chi connectivity index (χ1) is 7.62. The van der Waals surface area contributed by atoms with Gasteiger partial charge < -0.3 is 13.7 Å². The second-order valence-corrected chi connectivity index (χ2v) is 7.26. The summed E-state index contributed by atoms with van der Waals surface area (Å²) in [6.45, 7) is 0.418. The van der Waals surface area contributed by atoms with Gasteiger partial charge in [-0.3, -0.25) is 0 Å². The van der Waals surface area contributed by atoms with Gasteiger partial charge in [0, 0.05) is 12.7 Å². The second kappa shape index (κ2) is 4.84. The van der Waals surface area contributed by atoms with Gasteiger partial charge >= 0.3 is 0 Å². The number of rotatable bonds is 2. The molecule has 2 rings (SSSR count). The molecule has 1 aliphatic heterocycles. The van der Waals surface area contributed by atoms with Crippen molar-refractivity contribution in [1.29, 1.82) is 0 Å². The first-order valence-corrected chi connectivity index (χ1v) is 7.93. The predicted octanol–water partition coefficient (Wildman–Crippen LogP) is 3.17. The summed E-state index contributed by atoms with van der Waals surface area (Å²) in [7, 11) is 1.94. The minimum Gasteiger partial charge on any atom is -0.314 e. The van der Waals surface area contributed by atoms with Crippen molar-refractivity contribution in [1.82, 2.24) is 0 Å². The molecule has 0 saturated carbocycles. The molecule has 0 aromatic heterocycles. The van der Waals surface area contributed by atoms with E-state index >= 15 is 0 Å². The zero-order chi connectivity index (χ0) is 11.6.